The number of rotatable bonds is 7. The Kier molecular flexibility index (Phi) is 6.11. The summed E-state index contributed by atoms with van der Waals surface area (Å²) in [7, 11) is 2.94. The zero-order valence-corrected chi connectivity index (χ0v) is 21.9. The number of hydrogen-bond donors (Lipinski definition) is 2. The van der Waals surface area contributed by atoms with Crippen molar-refractivity contribution in [1.29, 1.82) is 0 Å². The first kappa shape index (κ1) is 25.1. The fourth-order valence-corrected chi connectivity index (χ4v) is 7.89. The molecule has 0 aromatic heterocycles. The number of carbonyl (C=O) groups is 2. The second-order valence-electron chi connectivity index (χ2n) is 10.8. The summed E-state index contributed by atoms with van der Waals surface area (Å²) in [5, 5.41) is 16.0. The average molecular weight is 499 g/mol. The topological polar surface area (TPSA) is 97.3 Å². The molecule has 0 radical (unpaired) electrons. The van der Waals surface area contributed by atoms with E-state index in [4.69, 9.17) is 14.2 Å². The van der Waals surface area contributed by atoms with Gasteiger partial charge in [0.2, 0.25) is 5.60 Å². The monoisotopic (exact) mass is 498 g/mol. The number of methoxy groups -OCH3 is 2. The van der Waals surface area contributed by atoms with Crippen LogP contribution in [0.15, 0.2) is 24.3 Å². The van der Waals surface area contributed by atoms with Gasteiger partial charge < -0.3 is 24.6 Å². The SMILES string of the molecule is CCCCc1cc2c(cc1OC)NC1[C@]23CCN2CC=C[C@@](CC)([C@@H](OC(C)=O)[C@]1(O)C(=O)OC)[C@H]23. The van der Waals surface area contributed by atoms with Crippen LogP contribution in [-0.4, -0.2) is 73.0 Å². The molecule has 4 aliphatic rings. The molecule has 8 heteroatoms. The van der Waals surface area contributed by atoms with E-state index in [2.05, 4.69) is 35.4 Å². The number of unbranched alkanes of at least 4 members (excludes halogenated alkanes) is 1. The maximum absolute atomic E-state index is 13.5. The Morgan fingerprint density at radius 2 is 2.03 bits per heavy atom. The first-order chi connectivity index (χ1) is 17.2. The molecule has 5 rings (SSSR count). The lowest BCUT2D eigenvalue weighted by atomic mass is 9.48. The molecule has 1 unspecified atom stereocenters. The predicted octanol–water partition coefficient (Wildman–Crippen LogP) is 2.96. The quantitative estimate of drug-likeness (QED) is 0.438. The highest BCUT2D eigenvalue weighted by Gasteiger charge is 2.79. The van der Waals surface area contributed by atoms with E-state index in [-0.39, 0.29) is 6.04 Å². The zero-order chi connectivity index (χ0) is 25.9. The van der Waals surface area contributed by atoms with Gasteiger partial charge in [-0.05, 0) is 49.4 Å². The van der Waals surface area contributed by atoms with E-state index >= 15 is 0 Å². The minimum Gasteiger partial charge on any atom is -0.496 e. The van der Waals surface area contributed by atoms with Gasteiger partial charge in [0, 0.05) is 42.1 Å². The highest BCUT2D eigenvalue weighted by Crippen LogP contribution is 2.66. The number of carbonyl (C=O) groups excluding carboxylic acids is 2. The molecule has 2 fully saturated rings. The highest BCUT2D eigenvalue weighted by atomic mass is 16.6. The molecule has 0 bridgehead atoms. The van der Waals surface area contributed by atoms with E-state index in [1.54, 1.807) is 7.11 Å². The third-order valence-electron chi connectivity index (χ3n) is 9.22. The van der Waals surface area contributed by atoms with Gasteiger partial charge in [-0.15, -0.1) is 0 Å². The molecule has 2 N–H and O–H groups in total. The van der Waals surface area contributed by atoms with Crippen molar-refractivity contribution < 1.29 is 28.9 Å². The number of aryl methyl sites for hydroxylation is 1. The molecule has 1 saturated carbocycles. The molecule has 3 aliphatic heterocycles. The van der Waals surface area contributed by atoms with Gasteiger partial charge in [0.05, 0.1) is 20.3 Å². The maximum Gasteiger partial charge on any atom is 0.344 e. The number of aliphatic hydroxyl groups is 1. The Morgan fingerprint density at radius 3 is 2.67 bits per heavy atom. The fraction of sp³-hybridized carbons (Fsp3) is 0.643. The number of anilines is 1. The van der Waals surface area contributed by atoms with Crippen molar-refractivity contribution in [2.24, 2.45) is 5.41 Å². The number of nitrogens with zero attached hydrogens (tertiary/aromatic N) is 1. The van der Waals surface area contributed by atoms with Gasteiger partial charge in [0.25, 0.3) is 0 Å². The van der Waals surface area contributed by atoms with Crippen molar-refractivity contribution in [3.8, 4) is 5.75 Å². The van der Waals surface area contributed by atoms with E-state index in [1.807, 2.05) is 13.0 Å². The van der Waals surface area contributed by atoms with Gasteiger partial charge in [0.15, 0.2) is 6.10 Å². The number of fused-ring (bicyclic) bond motifs is 1. The Bertz CT molecular complexity index is 1100. The van der Waals surface area contributed by atoms with Gasteiger partial charge in [0.1, 0.15) is 5.75 Å². The number of benzene rings is 1. The van der Waals surface area contributed by atoms with Crippen molar-refractivity contribution in [3.63, 3.8) is 0 Å². The summed E-state index contributed by atoms with van der Waals surface area (Å²) in [6.07, 6.45) is 7.40. The Hall–Kier alpha value is -2.58. The lowest BCUT2D eigenvalue weighted by Gasteiger charge is -2.62. The van der Waals surface area contributed by atoms with E-state index in [1.165, 1.54) is 14.0 Å². The van der Waals surface area contributed by atoms with E-state index in [9.17, 15) is 14.7 Å². The molecule has 1 aromatic carbocycles. The number of hydrogen-bond acceptors (Lipinski definition) is 8. The average Bonchev–Trinajstić information content (AvgIpc) is 3.43. The van der Waals surface area contributed by atoms with Gasteiger partial charge in [-0.25, -0.2) is 4.79 Å². The lowest BCUT2D eigenvalue weighted by Crippen LogP contribution is -2.80. The zero-order valence-electron chi connectivity index (χ0n) is 21.9. The van der Waals surface area contributed by atoms with Gasteiger partial charge in [-0.3, -0.25) is 9.69 Å². The summed E-state index contributed by atoms with van der Waals surface area (Å²) in [5.41, 5.74) is -0.366. The summed E-state index contributed by atoms with van der Waals surface area (Å²) in [6.45, 7) is 7.12. The predicted molar refractivity (Wildman–Crippen MR) is 135 cm³/mol. The molecule has 6 atom stereocenters. The standard InChI is InChI=1S/C28H38N2O6/c1-6-8-10-18-15-19-20(16-21(18)34-4)29-22-27(19)12-14-30-13-9-11-26(7-2,23(27)30)24(36-17(3)31)28(22,33)25(32)35-5/h9,11,15-16,22-24,29,33H,6-8,10,12-14H2,1-5H3/t22?,23-,24+,26+,27-,28-/m0/s1. The Labute approximate surface area is 213 Å². The van der Waals surface area contributed by atoms with Crippen LogP contribution in [0, 0.1) is 5.41 Å². The lowest BCUT2D eigenvalue weighted by molar-refractivity contribution is -0.226. The largest absolute Gasteiger partial charge is 0.496 e. The summed E-state index contributed by atoms with van der Waals surface area (Å²) < 4.78 is 16.9. The Morgan fingerprint density at radius 1 is 1.25 bits per heavy atom. The number of esters is 2. The van der Waals surface area contributed by atoms with Crippen LogP contribution in [0.25, 0.3) is 0 Å². The molecule has 8 nitrogen and oxygen atoms in total. The van der Waals surface area contributed by atoms with Crippen LogP contribution in [0.4, 0.5) is 5.69 Å². The highest BCUT2D eigenvalue weighted by molar-refractivity contribution is 5.86. The van der Waals surface area contributed by atoms with Crippen molar-refractivity contribution in [1.82, 2.24) is 4.90 Å². The minimum absolute atomic E-state index is 0.0690. The molecule has 1 aromatic rings. The van der Waals surface area contributed by atoms with Gasteiger partial charge in [-0.1, -0.05) is 32.4 Å². The molecule has 196 valence electrons. The van der Waals surface area contributed by atoms with Gasteiger partial charge >= 0.3 is 11.9 Å². The normalized spacial score (nSPS) is 35.9. The summed E-state index contributed by atoms with van der Waals surface area (Å²) in [5.74, 6) is -0.534. The summed E-state index contributed by atoms with van der Waals surface area (Å²) in [4.78, 5) is 28.4. The van der Waals surface area contributed by atoms with Crippen LogP contribution in [0.1, 0.15) is 57.6 Å². The van der Waals surface area contributed by atoms with Crippen LogP contribution in [0.3, 0.4) is 0 Å². The summed E-state index contributed by atoms with van der Waals surface area (Å²) in [6, 6.07) is 3.42. The van der Waals surface area contributed by atoms with Crippen molar-refractivity contribution in [2.45, 2.75) is 82.1 Å². The molecule has 36 heavy (non-hydrogen) atoms. The van der Waals surface area contributed by atoms with Crippen molar-refractivity contribution >= 4 is 17.6 Å². The third kappa shape index (κ3) is 3.06. The third-order valence-corrected chi connectivity index (χ3v) is 9.22. The minimum atomic E-state index is -2.10. The van der Waals surface area contributed by atoms with E-state index in [0.29, 0.717) is 6.42 Å². The number of ether oxygens (including phenoxy) is 3. The van der Waals surface area contributed by atoms with Gasteiger partial charge in [-0.2, -0.15) is 0 Å². The van der Waals surface area contributed by atoms with Crippen molar-refractivity contribution in [3.05, 3.63) is 35.4 Å². The molecule has 1 saturated heterocycles. The smallest absolute Gasteiger partial charge is 0.344 e. The maximum atomic E-state index is 13.5. The Balaban J connectivity index is 1.80. The first-order valence-corrected chi connectivity index (χ1v) is 13.1. The van der Waals surface area contributed by atoms with Crippen LogP contribution >= 0.6 is 0 Å². The van der Waals surface area contributed by atoms with Crippen LogP contribution < -0.4 is 10.1 Å². The van der Waals surface area contributed by atoms with Crippen LogP contribution in [0.2, 0.25) is 0 Å². The van der Waals surface area contributed by atoms with E-state index in [0.717, 1.165) is 61.3 Å². The molecule has 1 spiro atoms. The second kappa shape index (κ2) is 8.77. The molecular weight excluding hydrogens is 460 g/mol. The molecule has 0 amide bonds. The van der Waals surface area contributed by atoms with Crippen LogP contribution in [-0.2, 0) is 30.9 Å². The first-order valence-electron chi connectivity index (χ1n) is 13.1. The van der Waals surface area contributed by atoms with E-state index < -0.39 is 40.5 Å². The molecular formula is C28H38N2O6. The second-order valence-corrected chi connectivity index (χ2v) is 10.8. The van der Waals surface area contributed by atoms with Crippen molar-refractivity contribution in [2.75, 3.05) is 32.6 Å². The number of nitrogens with one attached hydrogen (secondary N) is 1. The van der Waals surface area contributed by atoms with Crippen LogP contribution in [0.5, 0.6) is 5.75 Å². The fourth-order valence-electron chi connectivity index (χ4n) is 7.89. The molecule has 3 heterocycles. The summed E-state index contributed by atoms with van der Waals surface area (Å²) >= 11 is 0. The molecule has 1 aliphatic carbocycles.